The minimum atomic E-state index is -0.0660. The van der Waals surface area contributed by atoms with E-state index in [1.165, 1.54) is 17.4 Å². The minimum Gasteiger partial charge on any atom is -0.490 e. The van der Waals surface area contributed by atoms with E-state index in [2.05, 4.69) is 0 Å². The Hall–Kier alpha value is -1.78. The van der Waals surface area contributed by atoms with E-state index < -0.39 is 0 Å². The van der Waals surface area contributed by atoms with E-state index in [9.17, 15) is 4.79 Å². The van der Waals surface area contributed by atoms with E-state index in [0.717, 1.165) is 5.56 Å². The Labute approximate surface area is 139 Å². The number of ether oxygens (including phenoxy) is 2. The Balaban J connectivity index is 2.16. The molecule has 1 heterocycles. The van der Waals surface area contributed by atoms with E-state index in [0.29, 0.717) is 33.9 Å². The average Bonchev–Trinajstić information content (AvgIpc) is 2.94. The molecular formula is C17H17ClO3S. The highest BCUT2D eigenvalue weighted by Gasteiger charge is 2.07. The summed E-state index contributed by atoms with van der Waals surface area (Å²) >= 11 is 7.11. The predicted octanol–water partition coefficient (Wildman–Crippen LogP) is 5.10. The minimum absolute atomic E-state index is 0.0660. The fourth-order valence-corrected chi connectivity index (χ4v) is 2.84. The fourth-order valence-electron chi connectivity index (χ4n) is 1.87. The smallest absolute Gasteiger partial charge is 0.195 e. The quantitative estimate of drug-likeness (QED) is 0.521. The molecule has 0 aliphatic heterocycles. The molecule has 0 spiro atoms. The van der Waals surface area contributed by atoms with Crippen molar-refractivity contribution in [2.75, 3.05) is 13.2 Å². The lowest BCUT2D eigenvalue weighted by molar-refractivity contribution is 0.105. The van der Waals surface area contributed by atoms with Crippen LogP contribution in [0.25, 0.3) is 6.08 Å². The topological polar surface area (TPSA) is 35.5 Å². The van der Waals surface area contributed by atoms with Crippen LogP contribution in [0.2, 0.25) is 4.34 Å². The predicted molar refractivity (Wildman–Crippen MR) is 91.5 cm³/mol. The Morgan fingerprint density at radius 3 is 2.50 bits per heavy atom. The Bertz CT molecular complexity index is 676. The first-order valence-corrected chi connectivity index (χ1v) is 8.21. The maximum atomic E-state index is 12.0. The van der Waals surface area contributed by atoms with Crippen LogP contribution in [-0.4, -0.2) is 19.0 Å². The molecule has 0 N–H and O–H groups in total. The number of allylic oxidation sites excluding steroid dienone is 1. The van der Waals surface area contributed by atoms with Gasteiger partial charge < -0.3 is 9.47 Å². The van der Waals surface area contributed by atoms with E-state index in [1.54, 1.807) is 18.2 Å². The molecule has 3 nitrogen and oxygen atoms in total. The van der Waals surface area contributed by atoms with Gasteiger partial charge in [-0.2, -0.15) is 0 Å². The van der Waals surface area contributed by atoms with E-state index in [-0.39, 0.29) is 5.78 Å². The van der Waals surface area contributed by atoms with Crippen molar-refractivity contribution >= 4 is 34.8 Å². The molecule has 1 aromatic heterocycles. The maximum Gasteiger partial charge on any atom is 0.195 e. The van der Waals surface area contributed by atoms with Crippen molar-refractivity contribution in [2.45, 2.75) is 13.8 Å². The molecule has 5 heteroatoms. The van der Waals surface area contributed by atoms with Gasteiger partial charge in [0.2, 0.25) is 0 Å². The van der Waals surface area contributed by atoms with Crippen molar-refractivity contribution in [1.29, 1.82) is 0 Å². The van der Waals surface area contributed by atoms with Crippen LogP contribution < -0.4 is 9.47 Å². The fraction of sp³-hybridized carbons (Fsp3) is 0.235. The zero-order valence-electron chi connectivity index (χ0n) is 12.5. The normalized spacial score (nSPS) is 10.9. The Morgan fingerprint density at radius 2 is 1.86 bits per heavy atom. The zero-order chi connectivity index (χ0) is 15.9. The van der Waals surface area contributed by atoms with Crippen LogP contribution in [0.5, 0.6) is 11.5 Å². The van der Waals surface area contributed by atoms with Crippen molar-refractivity contribution in [3.8, 4) is 11.5 Å². The summed E-state index contributed by atoms with van der Waals surface area (Å²) in [5, 5.41) is 0. The summed E-state index contributed by atoms with van der Waals surface area (Å²) in [6, 6.07) is 9.04. The van der Waals surface area contributed by atoms with Crippen LogP contribution in [0.1, 0.15) is 29.1 Å². The molecule has 0 amide bonds. The van der Waals surface area contributed by atoms with Gasteiger partial charge in [0.25, 0.3) is 0 Å². The molecule has 0 saturated heterocycles. The molecule has 0 fully saturated rings. The van der Waals surface area contributed by atoms with Gasteiger partial charge in [-0.15, -0.1) is 11.3 Å². The lowest BCUT2D eigenvalue weighted by Gasteiger charge is -2.11. The number of hydrogen-bond donors (Lipinski definition) is 0. The highest BCUT2D eigenvalue weighted by atomic mass is 35.5. The van der Waals surface area contributed by atoms with Crippen LogP contribution in [0, 0.1) is 0 Å². The number of rotatable bonds is 7. The number of halogens is 1. The summed E-state index contributed by atoms with van der Waals surface area (Å²) in [5.41, 5.74) is 0.878. The van der Waals surface area contributed by atoms with Gasteiger partial charge in [0.15, 0.2) is 17.3 Å². The molecule has 2 aromatic rings. The van der Waals surface area contributed by atoms with Crippen LogP contribution >= 0.6 is 22.9 Å². The number of hydrogen-bond acceptors (Lipinski definition) is 4. The first-order valence-electron chi connectivity index (χ1n) is 7.01. The van der Waals surface area contributed by atoms with Gasteiger partial charge in [0, 0.05) is 0 Å². The third-order valence-corrected chi connectivity index (χ3v) is 4.06. The zero-order valence-corrected chi connectivity index (χ0v) is 14.0. The van der Waals surface area contributed by atoms with Crippen molar-refractivity contribution in [1.82, 2.24) is 0 Å². The molecule has 2 rings (SSSR count). The number of ketones is 1. The summed E-state index contributed by atoms with van der Waals surface area (Å²) in [4.78, 5) is 12.6. The van der Waals surface area contributed by atoms with E-state index >= 15 is 0 Å². The van der Waals surface area contributed by atoms with Gasteiger partial charge in [-0.05, 0) is 49.8 Å². The monoisotopic (exact) mass is 336 g/mol. The Morgan fingerprint density at radius 1 is 1.14 bits per heavy atom. The summed E-state index contributed by atoms with van der Waals surface area (Å²) in [7, 11) is 0. The number of carbonyl (C=O) groups excluding carboxylic acids is 1. The second-order valence-corrected chi connectivity index (χ2v) is 6.09. The van der Waals surface area contributed by atoms with Crippen LogP contribution in [0.4, 0.5) is 0 Å². The molecule has 0 saturated carbocycles. The highest BCUT2D eigenvalue weighted by molar-refractivity contribution is 7.18. The Kier molecular flexibility index (Phi) is 6.04. The first-order chi connectivity index (χ1) is 10.6. The SMILES string of the molecule is CCOc1ccc(C=CC(=O)c2ccc(Cl)s2)cc1OCC. The van der Waals surface area contributed by atoms with Crippen molar-refractivity contribution in [3.05, 3.63) is 51.2 Å². The lowest BCUT2D eigenvalue weighted by Crippen LogP contribution is -1.98. The standard InChI is InChI=1S/C17H17ClO3S/c1-3-20-14-8-6-12(11-15(14)21-4-2)5-7-13(19)16-9-10-17(18)22-16/h5-11H,3-4H2,1-2H3. The summed E-state index contributed by atoms with van der Waals surface area (Å²) < 4.78 is 11.7. The van der Waals surface area contributed by atoms with Crippen LogP contribution in [-0.2, 0) is 0 Å². The number of benzene rings is 1. The van der Waals surface area contributed by atoms with Gasteiger partial charge in [-0.3, -0.25) is 4.79 Å². The molecule has 0 atom stereocenters. The molecule has 0 aliphatic rings. The summed E-state index contributed by atoms with van der Waals surface area (Å²) in [6.07, 6.45) is 3.29. The van der Waals surface area contributed by atoms with Gasteiger partial charge in [-0.1, -0.05) is 23.7 Å². The molecule has 0 bridgehead atoms. The molecule has 0 aliphatic carbocycles. The van der Waals surface area contributed by atoms with Crippen LogP contribution in [0.15, 0.2) is 36.4 Å². The second kappa shape index (κ2) is 8.01. The third kappa shape index (κ3) is 4.36. The maximum absolute atomic E-state index is 12.0. The van der Waals surface area contributed by atoms with Gasteiger partial charge in [-0.25, -0.2) is 0 Å². The molecule has 0 unspecified atom stereocenters. The molecule has 116 valence electrons. The lowest BCUT2D eigenvalue weighted by atomic mass is 10.1. The van der Waals surface area contributed by atoms with Crippen molar-refractivity contribution in [3.63, 3.8) is 0 Å². The van der Waals surface area contributed by atoms with E-state index in [4.69, 9.17) is 21.1 Å². The largest absolute Gasteiger partial charge is 0.490 e. The molecule has 0 radical (unpaired) electrons. The molecule has 22 heavy (non-hydrogen) atoms. The van der Waals surface area contributed by atoms with Gasteiger partial charge >= 0.3 is 0 Å². The van der Waals surface area contributed by atoms with Crippen LogP contribution in [0.3, 0.4) is 0 Å². The molecule has 1 aromatic carbocycles. The van der Waals surface area contributed by atoms with Crippen molar-refractivity contribution in [2.24, 2.45) is 0 Å². The second-order valence-electron chi connectivity index (χ2n) is 4.37. The average molecular weight is 337 g/mol. The van der Waals surface area contributed by atoms with Gasteiger partial charge in [0.05, 0.1) is 22.4 Å². The van der Waals surface area contributed by atoms with Crippen molar-refractivity contribution < 1.29 is 14.3 Å². The van der Waals surface area contributed by atoms with E-state index in [1.807, 2.05) is 32.0 Å². The number of carbonyl (C=O) groups is 1. The highest BCUT2D eigenvalue weighted by Crippen LogP contribution is 2.29. The van der Waals surface area contributed by atoms with Gasteiger partial charge in [0.1, 0.15) is 0 Å². The summed E-state index contributed by atoms with van der Waals surface area (Å²) in [6.45, 7) is 4.98. The third-order valence-electron chi connectivity index (χ3n) is 2.81. The first kappa shape index (κ1) is 16.6. The summed E-state index contributed by atoms with van der Waals surface area (Å²) in [5.74, 6) is 1.32. The number of thiophene rings is 1. The molecular weight excluding hydrogens is 320 g/mol.